The molecule has 1 radical (unpaired) electrons. The summed E-state index contributed by atoms with van der Waals surface area (Å²) in [6.45, 7) is 4.71. The number of hydrogen-bond acceptors (Lipinski definition) is 2. The van der Waals surface area contributed by atoms with Crippen LogP contribution in [0.3, 0.4) is 0 Å². The highest BCUT2D eigenvalue weighted by atomic mass is 16.6. The van der Waals surface area contributed by atoms with Crippen molar-refractivity contribution >= 4 is 0 Å². The van der Waals surface area contributed by atoms with Gasteiger partial charge in [-0.2, -0.15) is 0 Å². The van der Waals surface area contributed by atoms with E-state index in [-0.39, 0.29) is 0 Å². The second-order valence-corrected chi connectivity index (χ2v) is 1.41. The van der Waals surface area contributed by atoms with Gasteiger partial charge in [0.15, 0.2) is 6.26 Å². The van der Waals surface area contributed by atoms with Gasteiger partial charge in [-0.3, -0.25) is 0 Å². The summed E-state index contributed by atoms with van der Waals surface area (Å²) in [4.78, 5) is 0. The molecule has 1 fully saturated rings. The summed E-state index contributed by atoms with van der Waals surface area (Å²) < 4.78 is 9.49. The van der Waals surface area contributed by atoms with Crippen molar-refractivity contribution in [3.8, 4) is 0 Å². The van der Waals surface area contributed by atoms with Gasteiger partial charge in [0, 0.05) is 0 Å². The third-order valence-electron chi connectivity index (χ3n) is 0.774. The predicted molar refractivity (Wildman–Crippen MR) is 24.6 cm³/mol. The van der Waals surface area contributed by atoms with Crippen LogP contribution in [0.4, 0.5) is 0 Å². The van der Waals surface area contributed by atoms with E-state index in [1.807, 2.05) is 0 Å². The van der Waals surface area contributed by atoms with Crippen LogP contribution in [0.5, 0.6) is 0 Å². The maximum absolute atomic E-state index is 4.82. The second-order valence-electron chi connectivity index (χ2n) is 1.41. The molecule has 0 spiro atoms. The minimum absolute atomic E-state index is 0.328. The number of epoxide rings is 1. The summed E-state index contributed by atoms with van der Waals surface area (Å²) in [7, 11) is 0. The summed E-state index contributed by atoms with van der Waals surface area (Å²) in [5.74, 6) is 0. The van der Waals surface area contributed by atoms with Crippen LogP contribution in [0.25, 0.3) is 0 Å². The molecule has 0 amide bonds. The summed E-state index contributed by atoms with van der Waals surface area (Å²) in [6.07, 6.45) is 2.64. The van der Waals surface area contributed by atoms with Crippen molar-refractivity contribution in [3.63, 3.8) is 0 Å². The van der Waals surface area contributed by atoms with E-state index in [9.17, 15) is 0 Å². The molecule has 1 atom stereocenters. The monoisotopic (exact) mass is 99.0 g/mol. The summed E-state index contributed by atoms with van der Waals surface area (Å²) in [5.41, 5.74) is 0. The van der Waals surface area contributed by atoms with Crippen molar-refractivity contribution in [2.75, 3.05) is 13.2 Å². The van der Waals surface area contributed by atoms with E-state index in [1.54, 1.807) is 0 Å². The molecule has 0 saturated carbocycles. The average Bonchev–Trinajstić information content (AvgIpc) is 2.42. The van der Waals surface area contributed by atoms with Crippen LogP contribution in [0.1, 0.15) is 0 Å². The molecule has 0 aromatic carbocycles. The van der Waals surface area contributed by atoms with Gasteiger partial charge in [-0.05, 0) is 0 Å². The van der Waals surface area contributed by atoms with Gasteiger partial charge >= 0.3 is 0 Å². The van der Waals surface area contributed by atoms with Gasteiger partial charge in [-0.15, -0.1) is 0 Å². The molecule has 2 heteroatoms. The molecular weight excluding hydrogens is 92.1 g/mol. The highest BCUT2D eigenvalue weighted by Gasteiger charge is 2.22. The average molecular weight is 99.1 g/mol. The molecule has 0 aromatic heterocycles. The topological polar surface area (TPSA) is 21.8 Å². The zero-order valence-electron chi connectivity index (χ0n) is 4.02. The van der Waals surface area contributed by atoms with Gasteiger partial charge < -0.3 is 9.47 Å². The SMILES string of the molecule is C=[C]OCC1CO1. The Labute approximate surface area is 42.7 Å². The lowest BCUT2D eigenvalue weighted by Crippen LogP contribution is -1.94. The van der Waals surface area contributed by atoms with E-state index in [2.05, 4.69) is 17.6 Å². The minimum atomic E-state index is 0.328. The lowest BCUT2D eigenvalue weighted by molar-refractivity contribution is 0.197. The first-order valence-corrected chi connectivity index (χ1v) is 2.19. The number of rotatable bonds is 3. The van der Waals surface area contributed by atoms with Crippen molar-refractivity contribution in [3.05, 3.63) is 12.8 Å². The van der Waals surface area contributed by atoms with Crippen molar-refractivity contribution in [2.45, 2.75) is 6.10 Å². The van der Waals surface area contributed by atoms with Crippen molar-refractivity contribution in [2.24, 2.45) is 0 Å². The predicted octanol–water partition coefficient (Wildman–Crippen LogP) is 0.348. The van der Waals surface area contributed by atoms with E-state index in [1.165, 1.54) is 0 Å². The zero-order chi connectivity index (χ0) is 5.11. The number of ether oxygens (including phenoxy) is 2. The van der Waals surface area contributed by atoms with E-state index < -0.39 is 0 Å². The molecule has 2 nitrogen and oxygen atoms in total. The highest BCUT2D eigenvalue weighted by Crippen LogP contribution is 2.07. The molecule has 1 heterocycles. The first-order chi connectivity index (χ1) is 3.43. The summed E-state index contributed by atoms with van der Waals surface area (Å²) in [5, 5.41) is 0. The van der Waals surface area contributed by atoms with Crippen molar-refractivity contribution < 1.29 is 9.47 Å². The fraction of sp³-hybridized carbons (Fsp3) is 0.600. The maximum atomic E-state index is 4.82. The number of hydrogen-bond donors (Lipinski definition) is 0. The molecule has 1 aliphatic heterocycles. The first-order valence-electron chi connectivity index (χ1n) is 2.19. The van der Waals surface area contributed by atoms with Crippen LogP contribution < -0.4 is 0 Å². The summed E-state index contributed by atoms with van der Waals surface area (Å²) >= 11 is 0. The van der Waals surface area contributed by atoms with E-state index in [4.69, 9.17) is 4.74 Å². The molecule has 1 saturated heterocycles. The fourth-order valence-corrected chi connectivity index (χ4v) is 0.316. The standard InChI is InChI=1S/C5H7O2/c1-2-6-3-5-4-7-5/h5H,1,3-4H2. The van der Waals surface area contributed by atoms with E-state index in [0.29, 0.717) is 12.7 Å². The Morgan fingerprint density at radius 3 is 3.14 bits per heavy atom. The van der Waals surface area contributed by atoms with Crippen LogP contribution >= 0.6 is 0 Å². The molecule has 0 aliphatic carbocycles. The molecule has 0 N–H and O–H groups in total. The largest absolute Gasteiger partial charge is 0.488 e. The minimum Gasteiger partial charge on any atom is -0.488 e. The highest BCUT2D eigenvalue weighted by molar-refractivity contribution is 4.67. The third-order valence-corrected chi connectivity index (χ3v) is 0.774. The maximum Gasteiger partial charge on any atom is 0.153 e. The lowest BCUT2D eigenvalue weighted by Gasteiger charge is -1.88. The first kappa shape index (κ1) is 4.65. The smallest absolute Gasteiger partial charge is 0.153 e. The molecule has 0 aromatic rings. The van der Waals surface area contributed by atoms with Crippen LogP contribution in [0, 0.1) is 6.26 Å². The van der Waals surface area contributed by atoms with Gasteiger partial charge in [-0.25, -0.2) is 0 Å². The molecule has 0 bridgehead atoms. The molecule has 1 aliphatic rings. The van der Waals surface area contributed by atoms with E-state index in [0.717, 1.165) is 6.61 Å². The molecular formula is C5H7O2. The molecule has 39 valence electrons. The fourth-order valence-electron chi connectivity index (χ4n) is 0.316. The quantitative estimate of drug-likeness (QED) is 0.376. The Kier molecular flexibility index (Phi) is 1.32. The van der Waals surface area contributed by atoms with Crippen molar-refractivity contribution in [1.29, 1.82) is 0 Å². The normalized spacial score (nSPS) is 26.6. The second kappa shape index (κ2) is 1.98. The Balaban J connectivity index is 1.88. The van der Waals surface area contributed by atoms with Gasteiger partial charge in [0.25, 0.3) is 0 Å². The van der Waals surface area contributed by atoms with Crippen molar-refractivity contribution in [1.82, 2.24) is 0 Å². The Morgan fingerprint density at radius 2 is 2.71 bits per heavy atom. The van der Waals surface area contributed by atoms with Crippen LogP contribution in [-0.4, -0.2) is 19.3 Å². The Hall–Kier alpha value is -0.500. The van der Waals surface area contributed by atoms with Gasteiger partial charge in [-0.1, -0.05) is 6.58 Å². The third kappa shape index (κ3) is 1.59. The van der Waals surface area contributed by atoms with Gasteiger partial charge in [0.1, 0.15) is 12.7 Å². The Morgan fingerprint density at radius 1 is 2.00 bits per heavy atom. The van der Waals surface area contributed by atoms with Gasteiger partial charge in [0.05, 0.1) is 6.61 Å². The summed E-state index contributed by atoms with van der Waals surface area (Å²) in [6, 6.07) is 0. The zero-order valence-corrected chi connectivity index (χ0v) is 4.02. The van der Waals surface area contributed by atoms with E-state index >= 15 is 0 Å². The lowest BCUT2D eigenvalue weighted by atomic mass is 10.5. The van der Waals surface area contributed by atoms with Gasteiger partial charge in [0.2, 0.25) is 0 Å². The molecule has 7 heavy (non-hydrogen) atoms. The molecule has 1 unspecified atom stereocenters. The van der Waals surface area contributed by atoms with Crippen LogP contribution in [-0.2, 0) is 9.47 Å². The Bertz CT molecular complexity index is 66.5. The molecule has 1 rings (SSSR count). The van der Waals surface area contributed by atoms with Crippen LogP contribution in [0.15, 0.2) is 6.58 Å². The van der Waals surface area contributed by atoms with Crippen LogP contribution in [0.2, 0.25) is 0 Å².